The number of rotatable bonds is 3. The molecule has 1 aliphatic heterocycles. The number of hydrogen-bond acceptors (Lipinski definition) is 4. The highest BCUT2D eigenvalue weighted by Gasteiger charge is 2.23. The molecule has 0 bridgehead atoms. The number of carbonyl (C=O) groups excluding carboxylic acids is 2. The van der Waals surface area contributed by atoms with Crippen LogP contribution in [0.5, 0.6) is 11.5 Å². The lowest BCUT2D eigenvalue weighted by molar-refractivity contribution is -0.115. The molecule has 1 aliphatic rings. The number of carbonyl (C=O) groups is 2. The average molecular weight is 248 g/mol. The Bertz CT molecular complexity index is 537. The highest BCUT2D eigenvalue weighted by atomic mass is 16.5. The van der Waals surface area contributed by atoms with Crippen LogP contribution in [-0.2, 0) is 4.79 Å². The van der Waals surface area contributed by atoms with Crippen LogP contribution in [0.4, 0.5) is 4.79 Å². The summed E-state index contributed by atoms with van der Waals surface area (Å²) in [5.41, 5.74) is 0.816. The molecule has 1 fully saturated rings. The van der Waals surface area contributed by atoms with Crippen molar-refractivity contribution in [2.24, 2.45) is 0 Å². The lowest BCUT2D eigenvalue weighted by Gasteiger charge is -2.10. The minimum absolute atomic E-state index is 0.173. The first kappa shape index (κ1) is 12.0. The van der Waals surface area contributed by atoms with Crippen molar-refractivity contribution < 1.29 is 19.1 Å². The zero-order chi connectivity index (χ0) is 13.1. The third kappa shape index (κ3) is 2.13. The van der Waals surface area contributed by atoms with E-state index in [-0.39, 0.29) is 5.70 Å². The lowest BCUT2D eigenvalue weighted by Crippen LogP contribution is -2.22. The predicted molar refractivity (Wildman–Crippen MR) is 64.2 cm³/mol. The fourth-order valence-corrected chi connectivity index (χ4v) is 1.66. The van der Waals surface area contributed by atoms with Crippen LogP contribution in [0.25, 0.3) is 6.08 Å². The number of methoxy groups -OCH3 is 2. The van der Waals surface area contributed by atoms with E-state index in [4.69, 9.17) is 9.47 Å². The van der Waals surface area contributed by atoms with E-state index in [9.17, 15) is 9.59 Å². The molecule has 18 heavy (non-hydrogen) atoms. The van der Waals surface area contributed by atoms with Crippen molar-refractivity contribution in [2.45, 2.75) is 0 Å². The molecular formula is C12H12N2O4. The molecule has 0 aromatic heterocycles. The van der Waals surface area contributed by atoms with Crippen LogP contribution in [0.2, 0.25) is 0 Å². The molecule has 1 saturated heterocycles. The topological polar surface area (TPSA) is 76.7 Å². The Balaban J connectivity index is 2.43. The van der Waals surface area contributed by atoms with E-state index in [1.165, 1.54) is 20.3 Å². The Kier molecular flexibility index (Phi) is 3.18. The fourth-order valence-electron chi connectivity index (χ4n) is 1.66. The summed E-state index contributed by atoms with van der Waals surface area (Å²) in [6.45, 7) is 0. The Labute approximate surface area is 104 Å². The van der Waals surface area contributed by atoms with Crippen LogP contribution in [0.15, 0.2) is 23.9 Å². The Morgan fingerprint density at radius 1 is 1.11 bits per heavy atom. The van der Waals surface area contributed by atoms with Crippen molar-refractivity contribution in [1.82, 2.24) is 10.6 Å². The molecule has 0 atom stereocenters. The largest absolute Gasteiger partial charge is 0.493 e. The predicted octanol–water partition coefficient (Wildman–Crippen LogP) is 0.884. The molecule has 2 N–H and O–H groups in total. The molecule has 2 rings (SSSR count). The number of ether oxygens (including phenoxy) is 2. The van der Waals surface area contributed by atoms with Gasteiger partial charge in [-0.3, -0.25) is 10.1 Å². The minimum Gasteiger partial charge on any atom is -0.493 e. The molecule has 0 saturated carbocycles. The van der Waals surface area contributed by atoms with Gasteiger partial charge < -0.3 is 14.8 Å². The Morgan fingerprint density at radius 3 is 2.44 bits per heavy atom. The van der Waals surface area contributed by atoms with Crippen molar-refractivity contribution in [1.29, 1.82) is 0 Å². The molecule has 6 heteroatoms. The second-order valence-corrected chi connectivity index (χ2v) is 3.55. The first-order chi connectivity index (χ1) is 8.65. The number of hydrogen-bond donors (Lipinski definition) is 2. The molecule has 0 radical (unpaired) electrons. The van der Waals surface area contributed by atoms with Crippen LogP contribution in [0, 0.1) is 0 Å². The summed E-state index contributed by atoms with van der Waals surface area (Å²) in [7, 11) is 3.03. The molecule has 0 unspecified atom stereocenters. The van der Waals surface area contributed by atoms with E-state index in [0.717, 1.165) is 0 Å². The zero-order valence-electron chi connectivity index (χ0n) is 9.94. The van der Waals surface area contributed by atoms with Gasteiger partial charge in [0.25, 0.3) is 5.91 Å². The van der Waals surface area contributed by atoms with E-state index in [2.05, 4.69) is 10.6 Å². The normalized spacial score (nSPS) is 16.4. The number of urea groups is 1. The SMILES string of the molecule is COc1cccc(/C=C2/NC(=O)NC2=O)c1OC. The number of benzene rings is 1. The summed E-state index contributed by atoms with van der Waals surface area (Å²) in [5.74, 6) is 0.586. The standard InChI is InChI=1S/C12H12N2O4/c1-17-9-5-3-4-7(10(9)18-2)6-8-11(15)14-12(16)13-8/h3-6H,1-2H3,(H2,13,14,15,16)/b8-6+. The molecule has 1 heterocycles. The van der Waals surface area contributed by atoms with E-state index in [0.29, 0.717) is 17.1 Å². The number of amides is 3. The van der Waals surface area contributed by atoms with Gasteiger partial charge in [0.2, 0.25) is 0 Å². The second-order valence-electron chi connectivity index (χ2n) is 3.55. The summed E-state index contributed by atoms with van der Waals surface area (Å²) in [6, 6.07) is 4.73. The van der Waals surface area contributed by atoms with Gasteiger partial charge in [-0.2, -0.15) is 0 Å². The molecule has 6 nitrogen and oxygen atoms in total. The highest BCUT2D eigenvalue weighted by molar-refractivity contribution is 6.14. The van der Waals surface area contributed by atoms with E-state index in [1.54, 1.807) is 18.2 Å². The molecule has 0 aliphatic carbocycles. The molecule has 3 amide bonds. The zero-order valence-corrected chi connectivity index (χ0v) is 9.94. The first-order valence-corrected chi connectivity index (χ1v) is 5.20. The summed E-state index contributed by atoms with van der Waals surface area (Å²) in [5, 5.41) is 4.53. The fraction of sp³-hybridized carbons (Fsp3) is 0.167. The maximum Gasteiger partial charge on any atom is 0.326 e. The van der Waals surface area contributed by atoms with Gasteiger partial charge in [0.15, 0.2) is 11.5 Å². The maximum absolute atomic E-state index is 11.4. The van der Waals surface area contributed by atoms with Gasteiger partial charge in [-0.1, -0.05) is 12.1 Å². The van der Waals surface area contributed by atoms with Gasteiger partial charge in [0, 0.05) is 5.56 Å². The van der Waals surface area contributed by atoms with Crippen LogP contribution < -0.4 is 20.1 Å². The van der Waals surface area contributed by atoms with Crippen LogP contribution in [0.3, 0.4) is 0 Å². The van der Waals surface area contributed by atoms with Crippen LogP contribution in [0.1, 0.15) is 5.56 Å². The average Bonchev–Trinajstić information content (AvgIpc) is 2.67. The smallest absolute Gasteiger partial charge is 0.326 e. The molecular weight excluding hydrogens is 236 g/mol. The minimum atomic E-state index is -0.534. The molecule has 0 spiro atoms. The summed E-state index contributed by atoms with van der Waals surface area (Å²) in [4.78, 5) is 22.4. The Morgan fingerprint density at radius 2 is 1.89 bits per heavy atom. The summed E-state index contributed by atoms with van der Waals surface area (Å²) >= 11 is 0. The third-order valence-electron chi connectivity index (χ3n) is 2.45. The van der Waals surface area contributed by atoms with Gasteiger partial charge in [-0.05, 0) is 12.1 Å². The van der Waals surface area contributed by atoms with Crippen molar-refractivity contribution >= 4 is 18.0 Å². The number of nitrogens with one attached hydrogen (secondary N) is 2. The molecule has 1 aromatic carbocycles. The second kappa shape index (κ2) is 4.79. The number of para-hydroxylation sites is 1. The third-order valence-corrected chi connectivity index (χ3v) is 2.45. The summed E-state index contributed by atoms with van der Waals surface area (Å²) in [6.07, 6.45) is 1.53. The van der Waals surface area contributed by atoms with Crippen LogP contribution in [-0.4, -0.2) is 26.2 Å². The van der Waals surface area contributed by atoms with Gasteiger partial charge in [-0.15, -0.1) is 0 Å². The summed E-state index contributed by atoms with van der Waals surface area (Å²) < 4.78 is 10.4. The maximum atomic E-state index is 11.4. The first-order valence-electron chi connectivity index (χ1n) is 5.20. The van der Waals surface area contributed by atoms with Gasteiger partial charge in [0.1, 0.15) is 5.70 Å². The van der Waals surface area contributed by atoms with Crippen molar-refractivity contribution in [3.8, 4) is 11.5 Å². The monoisotopic (exact) mass is 248 g/mol. The number of imide groups is 1. The molecule has 1 aromatic rings. The van der Waals surface area contributed by atoms with E-state index in [1.807, 2.05) is 0 Å². The van der Waals surface area contributed by atoms with Crippen LogP contribution >= 0.6 is 0 Å². The molecule has 94 valence electrons. The van der Waals surface area contributed by atoms with E-state index >= 15 is 0 Å². The van der Waals surface area contributed by atoms with Crippen molar-refractivity contribution in [3.05, 3.63) is 29.5 Å². The van der Waals surface area contributed by atoms with Gasteiger partial charge >= 0.3 is 6.03 Å². The van der Waals surface area contributed by atoms with E-state index < -0.39 is 11.9 Å². The van der Waals surface area contributed by atoms with Crippen molar-refractivity contribution in [3.63, 3.8) is 0 Å². The highest BCUT2D eigenvalue weighted by Crippen LogP contribution is 2.32. The van der Waals surface area contributed by atoms with Crippen molar-refractivity contribution in [2.75, 3.05) is 14.2 Å². The Hall–Kier alpha value is -2.50. The van der Waals surface area contributed by atoms with Gasteiger partial charge in [-0.25, -0.2) is 4.79 Å². The van der Waals surface area contributed by atoms with Gasteiger partial charge in [0.05, 0.1) is 14.2 Å². The quantitative estimate of drug-likeness (QED) is 0.615. The lowest BCUT2D eigenvalue weighted by atomic mass is 10.1.